The van der Waals surface area contributed by atoms with E-state index < -0.39 is 0 Å². The number of nitrogens with two attached hydrogens (primary N) is 1. The summed E-state index contributed by atoms with van der Waals surface area (Å²) in [6.45, 7) is 2.27. The first kappa shape index (κ1) is 13.1. The Balaban J connectivity index is 1.86. The molecule has 0 bridgehead atoms. The van der Waals surface area contributed by atoms with Gasteiger partial charge in [0.25, 0.3) is 0 Å². The average molecular weight is 261 g/mol. The summed E-state index contributed by atoms with van der Waals surface area (Å²) in [6, 6.07) is 16.2. The molecule has 3 heteroatoms. The second kappa shape index (κ2) is 6.55. The number of hydrogen-bond donors (Lipinski definition) is 2. The van der Waals surface area contributed by atoms with Crippen LogP contribution in [0.4, 0.5) is 0 Å². The highest BCUT2D eigenvalue weighted by Crippen LogP contribution is 2.09. The fourth-order valence-electron chi connectivity index (χ4n) is 1.82. The van der Waals surface area contributed by atoms with E-state index in [0.717, 1.165) is 18.1 Å². The predicted octanol–water partition coefficient (Wildman–Crippen LogP) is 3.09. The molecule has 0 saturated heterocycles. The van der Waals surface area contributed by atoms with Gasteiger partial charge in [-0.2, -0.15) is 0 Å². The number of halogens is 1. The highest BCUT2D eigenvalue weighted by atomic mass is 35.5. The minimum atomic E-state index is 0.588. The molecule has 3 N–H and O–H groups in total. The third-order valence-electron chi connectivity index (χ3n) is 2.80. The lowest BCUT2D eigenvalue weighted by Gasteiger charge is -2.06. The van der Waals surface area contributed by atoms with Gasteiger partial charge in [-0.05, 0) is 28.8 Å². The van der Waals surface area contributed by atoms with Crippen LogP contribution in [0.15, 0.2) is 48.5 Å². The molecule has 0 aliphatic carbocycles. The van der Waals surface area contributed by atoms with E-state index in [1.54, 1.807) is 0 Å². The maximum Gasteiger partial charge on any atom is 0.0406 e. The Labute approximate surface area is 113 Å². The van der Waals surface area contributed by atoms with Crippen LogP contribution in [0.2, 0.25) is 5.02 Å². The molecule has 0 fully saturated rings. The third kappa shape index (κ3) is 3.84. The van der Waals surface area contributed by atoms with Crippen LogP contribution < -0.4 is 11.1 Å². The van der Waals surface area contributed by atoms with Crippen molar-refractivity contribution in [3.05, 3.63) is 70.2 Å². The zero-order valence-corrected chi connectivity index (χ0v) is 11.0. The average Bonchev–Trinajstić information content (AvgIpc) is 2.41. The standard InChI is InChI=1S/C15H17ClN2/c16-15-6-4-12(5-7-15)10-18-11-14-3-1-2-13(8-14)9-17/h1-8,18H,9-11,17H2. The summed E-state index contributed by atoms with van der Waals surface area (Å²) in [7, 11) is 0. The van der Waals surface area contributed by atoms with Crippen molar-refractivity contribution in [1.29, 1.82) is 0 Å². The van der Waals surface area contributed by atoms with Crippen LogP contribution in [0.25, 0.3) is 0 Å². The molecule has 94 valence electrons. The maximum atomic E-state index is 5.84. The quantitative estimate of drug-likeness (QED) is 0.867. The van der Waals surface area contributed by atoms with E-state index >= 15 is 0 Å². The van der Waals surface area contributed by atoms with Crippen LogP contribution in [-0.2, 0) is 19.6 Å². The third-order valence-corrected chi connectivity index (χ3v) is 3.05. The topological polar surface area (TPSA) is 38.0 Å². The van der Waals surface area contributed by atoms with Gasteiger partial charge in [0.2, 0.25) is 0 Å². The molecule has 0 atom stereocenters. The summed E-state index contributed by atoms with van der Waals surface area (Å²) < 4.78 is 0. The van der Waals surface area contributed by atoms with Gasteiger partial charge in [-0.25, -0.2) is 0 Å². The van der Waals surface area contributed by atoms with Crippen molar-refractivity contribution in [2.45, 2.75) is 19.6 Å². The zero-order chi connectivity index (χ0) is 12.8. The molecule has 0 unspecified atom stereocenters. The largest absolute Gasteiger partial charge is 0.326 e. The van der Waals surface area contributed by atoms with Gasteiger partial charge in [-0.15, -0.1) is 0 Å². The van der Waals surface area contributed by atoms with Gasteiger partial charge >= 0.3 is 0 Å². The van der Waals surface area contributed by atoms with E-state index in [1.807, 2.05) is 36.4 Å². The van der Waals surface area contributed by atoms with Crippen molar-refractivity contribution in [3.63, 3.8) is 0 Å². The first-order valence-electron chi connectivity index (χ1n) is 6.01. The summed E-state index contributed by atoms with van der Waals surface area (Å²) in [5, 5.41) is 4.18. The molecule has 0 radical (unpaired) electrons. The molecule has 18 heavy (non-hydrogen) atoms. The number of hydrogen-bond acceptors (Lipinski definition) is 2. The molecule has 2 nitrogen and oxygen atoms in total. The van der Waals surface area contributed by atoms with Crippen molar-refractivity contribution < 1.29 is 0 Å². The molecule has 2 aromatic rings. The smallest absolute Gasteiger partial charge is 0.0406 e. The summed E-state index contributed by atoms with van der Waals surface area (Å²) >= 11 is 5.84. The second-order valence-corrected chi connectivity index (χ2v) is 4.69. The van der Waals surface area contributed by atoms with Crippen molar-refractivity contribution in [3.8, 4) is 0 Å². The first-order valence-corrected chi connectivity index (χ1v) is 6.39. The van der Waals surface area contributed by atoms with Crippen LogP contribution in [0.3, 0.4) is 0 Å². The number of rotatable bonds is 5. The molecule has 0 aliphatic rings. The first-order chi connectivity index (χ1) is 8.78. The number of benzene rings is 2. The van der Waals surface area contributed by atoms with E-state index in [-0.39, 0.29) is 0 Å². The monoisotopic (exact) mass is 260 g/mol. The minimum absolute atomic E-state index is 0.588. The van der Waals surface area contributed by atoms with Crippen molar-refractivity contribution >= 4 is 11.6 Å². The fourth-order valence-corrected chi connectivity index (χ4v) is 1.95. The Hall–Kier alpha value is -1.35. The Bertz CT molecular complexity index is 494. The molecule has 2 aromatic carbocycles. The van der Waals surface area contributed by atoms with Crippen molar-refractivity contribution in [1.82, 2.24) is 5.32 Å². The fraction of sp³-hybridized carbons (Fsp3) is 0.200. The molecular formula is C15H17ClN2. The Morgan fingerprint density at radius 1 is 0.889 bits per heavy atom. The van der Waals surface area contributed by atoms with Crippen LogP contribution in [0, 0.1) is 0 Å². The minimum Gasteiger partial charge on any atom is -0.326 e. The van der Waals surface area contributed by atoms with Gasteiger partial charge in [-0.1, -0.05) is 48.0 Å². The molecule has 2 rings (SSSR count). The molecular weight excluding hydrogens is 244 g/mol. The molecule has 0 aromatic heterocycles. The van der Waals surface area contributed by atoms with Gasteiger partial charge < -0.3 is 11.1 Å². The van der Waals surface area contributed by atoms with Gasteiger partial charge in [0.05, 0.1) is 0 Å². The van der Waals surface area contributed by atoms with Gasteiger partial charge in [0.15, 0.2) is 0 Å². The molecule has 0 saturated carbocycles. The molecule has 0 spiro atoms. The number of nitrogens with one attached hydrogen (secondary N) is 1. The van der Waals surface area contributed by atoms with E-state index in [9.17, 15) is 0 Å². The highest BCUT2D eigenvalue weighted by molar-refractivity contribution is 6.30. The summed E-state index contributed by atoms with van der Waals surface area (Å²) in [5.74, 6) is 0. The molecule has 0 amide bonds. The lowest BCUT2D eigenvalue weighted by Crippen LogP contribution is -2.12. The molecule has 0 aliphatic heterocycles. The van der Waals surface area contributed by atoms with E-state index in [2.05, 4.69) is 17.4 Å². The van der Waals surface area contributed by atoms with Gasteiger partial charge in [0.1, 0.15) is 0 Å². The summed E-state index contributed by atoms with van der Waals surface area (Å²) in [6.07, 6.45) is 0. The van der Waals surface area contributed by atoms with Crippen LogP contribution in [-0.4, -0.2) is 0 Å². The predicted molar refractivity (Wildman–Crippen MR) is 76.3 cm³/mol. The molecule has 0 heterocycles. The van der Waals surface area contributed by atoms with Crippen LogP contribution in [0.1, 0.15) is 16.7 Å². The SMILES string of the molecule is NCc1cccc(CNCc2ccc(Cl)cc2)c1. The lowest BCUT2D eigenvalue weighted by atomic mass is 10.1. The highest BCUT2D eigenvalue weighted by Gasteiger charge is 1.96. The Morgan fingerprint density at radius 3 is 2.28 bits per heavy atom. The Kier molecular flexibility index (Phi) is 4.76. The zero-order valence-electron chi connectivity index (χ0n) is 10.2. The van der Waals surface area contributed by atoms with E-state index in [0.29, 0.717) is 6.54 Å². The van der Waals surface area contributed by atoms with E-state index in [4.69, 9.17) is 17.3 Å². The second-order valence-electron chi connectivity index (χ2n) is 4.25. The van der Waals surface area contributed by atoms with Crippen molar-refractivity contribution in [2.24, 2.45) is 5.73 Å². The van der Waals surface area contributed by atoms with Gasteiger partial charge in [-0.3, -0.25) is 0 Å². The van der Waals surface area contributed by atoms with Crippen LogP contribution >= 0.6 is 11.6 Å². The van der Waals surface area contributed by atoms with E-state index in [1.165, 1.54) is 16.7 Å². The lowest BCUT2D eigenvalue weighted by molar-refractivity contribution is 0.692. The Morgan fingerprint density at radius 2 is 1.56 bits per heavy atom. The van der Waals surface area contributed by atoms with Gasteiger partial charge in [0, 0.05) is 24.7 Å². The summed E-state index contributed by atoms with van der Waals surface area (Å²) in [5.41, 5.74) is 9.27. The van der Waals surface area contributed by atoms with Crippen LogP contribution in [0.5, 0.6) is 0 Å². The summed E-state index contributed by atoms with van der Waals surface area (Å²) in [4.78, 5) is 0. The van der Waals surface area contributed by atoms with Crippen molar-refractivity contribution in [2.75, 3.05) is 0 Å². The normalized spacial score (nSPS) is 10.6. The maximum absolute atomic E-state index is 5.84.